The van der Waals surface area contributed by atoms with Crippen LogP contribution >= 0.6 is 0 Å². The van der Waals surface area contributed by atoms with Crippen molar-refractivity contribution in [2.75, 3.05) is 11.9 Å². The molecule has 1 atom stereocenters. The maximum Gasteiger partial charge on any atom is 0.271 e. The molecule has 130 valence electrons. The Morgan fingerprint density at radius 3 is 2.76 bits per heavy atom. The summed E-state index contributed by atoms with van der Waals surface area (Å²) in [5, 5.41) is 6.78. The fourth-order valence-corrected chi connectivity index (χ4v) is 2.55. The minimum absolute atomic E-state index is 0.263. The standard InChI is InChI=1S/C19H19FN2O3/c1-3-24-16-9-7-15(8-10-16)21-18(23)19(2)12-17(22-25-19)13-5-4-6-14(20)11-13/h4-11H,3,12H2,1-2H3,(H,21,23)/t19-/m0/s1. The summed E-state index contributed by atoms with van der Waals surface area (Å²) >= 11 is 0. The second-order valence-electron chi connectivity index (χ2n) is 5.96. The zero-order chi connectivity index (χ0) is 17.9. The van der Waals surface area contributed by atoms with Crippen molar-refractivity contribution < 1.29 is 18.8 Å². The summed E-state index contributed by atoms with van der Waals surface area (Å²) in [4.78, 5) is 17.9. The second-order valence-corrected chi connectivity index (χ2v) is 5.96. The molecule has 25 heavy (non-hydrogen) atoms. The van der Waals surface area contributed by atoms with Crippen LogP contribution in [0.25, 0.3) is 0 Å². The molecule has 0 fully saturated rings. The molecule has 1 N–H and O–H groups in total. The average Bonchev–Trinajstić information content (AvgIpc) is 3.01. The van der Waals surface area contributed by atoms with E-state index in [1.165, 1.54) is 12.1 Å². The van der Waals surface area contributed by atoms with Crippen molar-refractivity contribution in [2.45, 2.75) is 25.9 Å². The summed E-state index contributed by atoms with van der Waals surface area (Å²) in [5.74, 6) is 0.0695. The zero-order valence-corrected chi connectivity index (χ0v) is 14.1. The molecule has 3 rings (SSSR count). The fourth-order valence-electron chi connectivity index (χ4n) is 2.55. The van der Waals surface area contributed by atoms with Gasteiger partial charge in [-0.25, -0.2) is 4.39 Å². The summed E-state index contributed by atoms with van der Waals surface area (Å²) in [6.45, 7) is 4.15. The molecular formula is C19H19FN2O3. The van der Waals surface area contributed by atoms with Crippen LogP contribution in [0.3, 0.4) is 0 Å². The number of oxime groups is 1. The number of halogens is 1. The molecule has 0 bridgehead atoms. The molecule has 0 spiro atoms. The summed E-state index contributed by atoms with van der Waals surface area (Å²) in [7, 11) is 0. The molecule has 1 aliphatic heterocycles. The van der Waals surface area contributed by atoms with Crippen LogP contribution in [0.1, 0.15) is 25.8 Å². The largest absolute Gasteiger partial charge is 0.494 e. The van der Waals surface area contributed by atoms with Gasteiger partial charge in [-0.15, -0.1) is 0 Å². The molecule has 2 aromatic carbocycles. The Morgan fingerprint density at radius 1 is 1.32 bits per heavy atom. The second kappa shape index (κ2) is 6.93. The van der Waals surface area contributed by atoms with Crippen molar-refractivity contribution >= 4 is 17.3 Å². The van der Waals surface area contributed by atoms with Crippen molar-refractivity contribution in [1.82, 2.24) is 0 Å². The van der Waals surface area contributed by atoms with Gasteiger partial charge >= 0.3 is 0 Å². The Balaban J connectivity index is 1.66. The predicted octanol–water partition coefficient (Wildman–Crippen LogP) is 3.75. The lowest BCUT2D eigenvalue weighted by molar-refractivity contribution is -0.135. The number of benzene rings is 2. The summed E-state index contributed by atoms with van der Waals surface area (Å²) in [6.07, 6.45) is 0.263. The molecular weight excluding hydrogens is 323 g/mol. The number of nitrogens with zero attached hydrogens (tertiary/aromatic N) is 1. The van der Waals surface area contributed by atoms with Gasteiger partial charge in [0.1, 0.15) is 11.6 Å². The van der Waals surface area contributed by atoms with E-state index in [4.69, 9.17) is 9.57 Å². The third-order valence-corrected chi connectivity index (χ3v) is 3.92. The smallest absolute Gasteiger partial charge is 0.271 e. The Hall–Kier alpha value is -2.89. The molecule has 6 heteroatoms. The number of amides is 1. The molecule has 0 unspecified atom stereocenters. The van der Waals surface area contributed by atoms with Crippen LogP contribution in [0, 0.1) is 5.82 Å². The summed E-state index contributed by atoms with van der Waals surface area (Å²) in [6, 6.07) is 13.2. The van der Waals surface area contributed by atoms with E-state index in [2.05, 4.69) is 10.5 Å². The van der Waals surface area contributed by atoms with E-state index in [0.29, 0.717) is 23.6 Å². The van der Waals surface area contributed by atoms with Gasteiger partial charge in [0.15, 0.2) is 0 Å². The van der Waals surface area contributed by atoms with E-state index in [0.717, 1.165) is 5.75 Å². The number of rotatable bonds is 5. The van der Waals surface area contributed by atoms with Crippen LogP contribution in [-0.4, -0.2) is 23.8 Å². The molecule has 5 nitrogen and oxygen atoms in total. The highest BCUT2D eigenvalue weighted by atomic mass is 19.1. The van der Waals surface area contributed by atoms with E-state index in [1.54, 1.807) is 43.3 Å². The molecule has 0 aromatic heterocycles. The normalized spacial score (nSPS) is 19.1. The van der Waals surface area contributed by atoms with Crippen molar-refractivity contribution in [3.8, 4) is 5.75 Å². The van der Waals surface area contributed by atoms with Crippen molar-refractivity contribution in [1.29, 1.82) is 0 Å². The lowest BCUT2D eigenvalue weighted by atomic mass is 9.95. The maximum absolute atomic E-state index is 13.4. The third kappa shape index (κ3) is 3.79. The highest BCUT2D eigenvalue weighted by Gasteiger charge is 2.42. The Kier molecular flexibility index (Phi) is 4.70. The molecule has 1 aliphatic rings. The van der Waals surface area contributed by atoms with Crippen LogP contribution in [-0.2, 0) is 9.63 Å². The molecule has 0 saturated heterocycles. The average molecular weight is 342 g/mol. The Labute approximate surface area is 145 Å². The molecule has 1 heterocycles. The van der Waals surface area contributed by atoms with Crippen molar-refractivity contribution in [2.24, 2.45) is 5.16 Å². The van der Waals surface area contributed by atoms with Gasteiger partial charge in [0, 0.05) is 17.7 Å². The first-order valence-corrected chi connectivity index (χ1v) is 8.05. The van der Waals surface area contributed by atoms with E-state index in [1.807, 2.05) is 6.92 Å². The minimum Gasteiger partial charge on any atom is -0.494 e. The monoisotopic (exact) mass is 342 g/mol. The molecule has 0 radical (unpaired) electrons. The lowest BCUT2D eigenvalue weighted by Gasteiger charge is -2.20. The van der Waals surface area contributed by atoms with Gasteiger partial charge in [-0.05, 0) is 50.2 Å². The molecule has 1 amide bonds. The number of anilines is 1. The topological polar surface area (TPSA) is 59.9 Å². The van der Waals surface area contributed by atoms with Crippen LogP contribution in [0.15, 0.2) is 53.7 Å². The highest BCUT2D eigenvalue weighted by molar-refractivity contribution is 6.07. The third-order valence-electron chi connectivity index (χ3n) is 3.92. The van der Waals surface area contributed by atoms with E-state index >= 15 is 0 Å². The zero-order valence-electron chi connectivity index (χ0n) is 14.1. The summed E-state index contributed by atoms with van der Waals surface area (Å²) in [5.41, 5.74) is 0.652. The van der Waals surface area contributed by atoms with Gasteiger partial charge in [-0.3, -0.25) is 4.79 Å². The van der Waals surface area contributed by atoms with Gasteiger partial charge in [0.2, 0.25) is 5.60 Å². The van der Waals surface area contributed by atoms with E-state index in [-0.39, 0.29) is 18.1 Å². The number of carbonyl (C=O) groups excluding carboxylic acids is 1. The number of ether oxygens (including phenoxy) is 1. The first kappa shape index (κ1) is 17.0. The van der Waals surface area contributed by atoms with Crippen molar-refractivity contribution in [3.05, 3.63) is 59.9 Å². The lowest BCUT2D eigenvalue weighted by Crippen LogP contribution is -2.40. The fraction of sp³-hybridized carbons (Fsp3) is 0.263. The number of hydrogen-bond acceptors (Lipinski definition) is 4. The van der Waals surface area contributed by atoms with Crippen LogP contribution in [0.4, 0.5) is 10.1 Å². The SMILES string of the molecule is CCOc1ccc(NC(=O)[C@]2(C)CC(c3cccc(F)c3)=NO2)cc1. The van der Waals surface area contributed by atoms with Gasteiger partial charge in [-0.1, -0.05) is 17.3 Å². The molecule has 0 aliphatic carbocycles. The number of carbonyl (C=O) groups is 1. The first-order chi connectivity index (χ1) is 12.0. The van der Waals surface area contributed by atoms with Gasteiger partial charge in [-0.2, -0.15) is 0 Å². The summed E-state index contributed by atoms with van der Waals surface area (Å²) < 4.78 is 18.7. The van der Waals surface area contributed by atoms with E-state index < -0.39 is 5.60 Å². The van der Waals surface area contributed by atoms with Gasteiger partial charge < -0.3 is 14.9 Å². The minimum atomic E-state index is -1.14. The maximum atomic E-state index is 13.4. The van der Waals surface area contributed by atoms with E-state index in [9.17, 15) is 9.18 Å². The van der Waals surface area contributed by atoms with Crippen LogP contribution in [0.2, 0.25) is 0 Å². The Morgan fingerprint density at radius 2 is 2.08 bits per heavy atom. The Bertz CT molecular complexity index is 805. The van der Waals surface area contributed by atoms with Crippen molar-refractivity contribution in [3.63, 3.8) is 0 Å². The quantitative estimate of drug-likeness (QED) is 0.900. The predicted molar refractivity (Wildman–Crippen MR) is 93.3 cm³/mol. The molecule has 2 aromatic rings. The number of hydrogen-bond donors (Lipinski definition) is 1. The first-order valence-electron chi connectivity index (χ1n) is 8.05. The number of nitrogens with one attached hydrogen (secondary N) is 1. The van der Waals surface area contributed by atoms with Crippen LogP contribution in [0.5, 0.6) is 5.75 Å². The van der Waals surface area contributed by atoms with Crippen LogP contribution < -0.4 is 10.1 Å². The molecule has 0 saturated carbocycles. The highest BCUT2D eigenvalue weighted by Crippen LogP contribution is 2.28. The van der Waals surface area contributed by atoms with Gasteiger partial charge in [0.05, 0.1) is 12.3 Å². The van der Waals surface area contributed by atoms with Gasteiger partial charge in [0.25, 0.3) is 5.91 Å².